The van der Waals surface area contributed by atoms with E-state index in [1.54, 1.807) is 0 Å². The highest BCUT2D eigenvalue weighted by atomic mass is 32.2. The van der Waals surface area contributed by atoms with E-state index in [0.29, 0.717) is 5.56 Å². The number of carbonyl (C=O) groups is 1. The van der Waals surface area contributed by atoms with Gasteiger partial charge < -0.3 is 19.1 Å². The SMILES string of the molecule is COc1cc(S(C)(=O)=O)c(OC)cc1-c1cc(C(=O)O)no1. The predicted octanol–water partition coefficient (Wildman–Crippen LogP) is 1.46. The molecular formula is C13H13NO7S. The van der Waals surface area contributed by atoms with Crippen LogP contribution in [0.5, 0.6) is 11.5 Å². The molecule has 0 fully saturated rings. The first-order chi connectivity index (χ1) is 10.3. The fourth-order valence-corrected chi connectivity index (χ4v) is 2.68. The van der Waals surface area contributed by atoms with Gasteiger partial charge in [-0.2, -0.15) is 0 Å². The van der Waals surface area contributed by atoms with Crippen molar-refractivity contribution in [2.75, 3.05) is 20.5 Å². The Bertz CT molecular complexity index is 823. The summed E-state index contributed by atoms with van der Waals surface area (Å²) in [5, 5.41) is 12.3. The second kappa shape index (κ2) is 5.68. The summed E-state index contributed by atoms with van der Waals surface area (Å²) >= 11 is 0. The van der Waals surface area contributed by atoms with Crippen molar-refractivity contribution >= 4 is 15.8 Å². The summed E-state index contributed by atoms with van der Waals surface area (Å²) in [6.07, 6.45) is 1.04. The smallest absolute Gasteiger partial charge is 0.358 e. The van der Waals surface area contributed by atoms with Crippen LogP contribution in [0.4, 0.5) is 0 Å². The maximum Gasteiger partial charge on any atom is 0.358 e. The number of hydrogen-bond acceptors (Lipinski definition) is 7. The lowest BCUT2D eigenvalue weighted by Crippen LogP contribution is -2.02. The van der Waals surface area contributed by atoms with Gasteiger partial charge in [0.2, 0.25) is 0 Å². The Morgan fingerprint density at radius 2 is 1.82 bits per heavy atom. The third-order valence-electron chi connectivity index (χ3n) is 2.88. The second-order valence-electron chi connectivity index (χ2n) is 4.36. The summed E-state index contributed by atoms with van der Waals surface area (Å²) in [7, 11) is -0.855. The highest BCUT2D eigenvalue weighted by Crippen LogP contribution is 2.38. The van der Waals surface area contributed by atoms with E-state index >= 15 is 0 Å². The third kappa shape index (κ3) is 2.89. The number of hydrogen-bond donors (Lipinski definition) is 1. The molecule has 1 aromatic heterocycles. The zero-order valence-electron chi connectivity index (χ0n) is 12.0. The van der Waals surface area contributed by atoms with Crippen molar-refractivity contribution in [3.8, 4) is 22.8 Å². The first-order valence-corrected chi connectivity index (χ1v) is 7.83. The lowest BCUT2D eigenvalue weighted by molar-refractivity contribution is 0.0686. The van der Waals surface area contributed by atoms with Gasteiger partial charge in [0.05, 0.1) is 19.8 Å². The summed E-state index contributed by atoms with van der Waals surface area (Å²) in [6.45, 7) is 0. The number of benzene rings is 1. The molecule has 1 N–H and O–H groups in total. The van der Waals surface area contributed by atoms with E-state index in [-0.39, 0.29) is 27.8 Å². The summed E-state index contributed by atoms with van der Waals surface area (Å²) in [5.41, 5.74) is 0.0509. The van der Waals surface area contributed by atoms with E-state index in [1.807, 2.05) is 0 Å². The average Bonchev–Trinajstić information content (AvgIpc) is 2.94. The van der Waals surface area contributed by atoms with E-state index in [0.717, 1.165) is 6.26 Å². The van der Waals surface area contributed by atoms with Crippen molar-refractivity contribution in [1.29, 1.82) is 0 Å². The highest BCUT2D eigenvalue weighted by molar-refractivity contribution is 7.90. The Balaban J connectivity index is 2.67. The van der Waals surface area contributed by atoms with Gasteiger partial charge in [-0.05, 0) is 6.07 Å². The minimum atomic E-state index is -3.53. The lowest BCUT2D eigenvalue weighted by atomic mass is 10.1. The van der Waals surface area contributed by atoms with Crippen molar-refractivity contribution in [3.63, 3.8) is 0 Å². The Labute approximate surface area is 126 Å². The largest absolute Gasteiger partial charge is 0.496 e. The van der Waals surface area contributed by atoms with Crippen LogP contribution in [0.25, 0.3) is 11.3 Å². The van der Waals surface area contributed by atoms with Crippen molar-refractivity contribution in [3.05, 3.63) is 23.9 Å². The summed E-state index contributed by atoms with van der Waals surface area (Å²) in [5.74, 6) is -0.845. The van der Waals surface area contributed by atoms with E-state index in [1.165, 1.54) is 32.4 Å². The zero-order valence-corrected chi connectivity index (χ0v) is 12.8. The Morgan fingerprint density at radius 1 is 1.18 bits per heavy atom. The molecule has 0 aliphatic rings. The molecular weight excluding hydrogens is 314 g/mol. The fourth-order valence-electron chi connectivity index (χ4n) is 1.85. The average molecular weight is 327 g/mol. The molecule has 0 aliphatic heterocycles. The van der Waals surface area contributed by atoms with Gasteiger partial charge in [0.15, 0.2) is 21.3 Å². The number of sulfone groups is 1. The molecule has 0 aliphatic carbocycles. The number of methoxy groups -OCH3 is 2. The molecule has 1 heterocycles. The molecule has 118 valence electrons. The van der Waals surface area contributed by atoms with Crippen LogP contribution in [0.1, 0.15) is 10.5 Å². The van der Waals surface area contributed by atoms with Gasteiger partial charge in [-0.15, -0.1) is 0 Å². The maximum atomic E-state index is 11.8. The van der Waals surface area contributed by atoms with Crippen LogP contribution in [-0.4, -0.2) is 45.1 Å². The van der Waals surface area contributed by atoms with Gasteiger partial charge in [-0.25, -0.2) is 13.2 Å². The minimum Gasteiger partial charge on any atom is -0.496 e. The normalized spacial score (nSPS) is 11.2. The second-order valence-corrected chi connectivity index (χ2v) is 6.34. The van der Waals surface area contributed by atoms with Crippen LogP contribution in [0.15, 0.2) is 27.6 Å². The van der Waals surface area contributed by atoms with Crippen LogP contribution in [-0.2, 0) is 9.84 Å². The van der Waals surface area contributed by atoms with Gasteiger partial charge in [-0.1, -0.05) is 5.16 Å². The highest BCUT2D eigenvalue weighted by Gasteiger charge is 2.22. The number of carboxylic acids is 1. The summed E-state index contributed by atoms with van der Waals surface area (Å²) in [6, 6.07) is 3.88. The summed E-state index contributed by atoms with van der Waals surface area (Å²) < 4.78 is 38.7. The van der Waals surface area contributed by atoms with Gasteiger partial charge >= 0.3 is 5.97 Å². The van der Waals surface area contributed by atoms with Gasteiger partial charge in [0.25, 0.3) is 0 Å². The Hall–Kier alpha value is -2.55. The zero-order chi connectivity index (χ0) is 16.5. The molecule has 0 atom stereocenters. The molecule has 1 aromatic carbocycles. The fraction of sp³-hybridized carbons (Fsp3) is 0.231. The molecule has 22 heavy (non-hydrogen) atoms. The summed E-state index contributed by atoms with van der Waals surface area (Å²) in [4.78, 5) is 10.8. The first-order valence-electron chi connectivity index (χ1n) is 5.94. The third-order valence-corrected chi connectivity index (χ3v) is 4.00. The number of carboxylic acid groups (broad SMARTS) is 1. The van der Waals surface area contributed by atoms with E-state index in [4.69, 9.17) is 19.1 Å². The van der Waals surface area contributed by atoms with Crippen molar-refractivity contribution in [1.82, 2.24) is 5.16 Å². The van der Waals surface area contributed by atoms with Crippen LogP contribution in [0.3, 0.4) is 0 Å². The van der Waals surface area contributed by atoms with Crippen molar-refractivity contribution < 1.29 is 32.3 Å². The van der Waals surface area contributed by atoms with Crippen molar-refractivity contribution in [2.45, 2.75) is 4.90 Å². The van der Waals surface area contributed by atoms with Crippen LogP contribution < -0.4 is 9.47 Å². The Kier molecular flexibility index (Phi) is 4.09. The molecule has 2 rings (SSSR count). The maximum absolute atomic E-state index is 11.8. The Morgan fingerprint density at radius 3 is 2.27 bits per heavy atom. The quantitative estimate of drug-likeness (QED) is 0.877. The molecule has 0 saturated heterocycles. The lowest BCUT2D eigenvalue weighted by Gasteiger charge is -2.12. The van der Waals surface area contributed by atoms with Gasteiger partial charge in [0, 0.05) is 18.4 Å². The minimum absolute atomic E-state index is 0.0476. The standard InChI is InChI=1S/C13H13NO7S/c1-19-9-6-12(22(3,17)18)11(20-2)4-7(9)10-5-8(13(15)16)14-21-10/h4-6H,1-3H3,(H,15,16). The predicted molar refractivity (Wildman–Crippen MR) is 75.1 cm³/mol. The topological polar surface area (TPSA) is 116 Å². The molecule has 8 nitrogen and oxygen atoms in total. The molecule has 0 unspecified atom stereocenters. The molecule has 0 spiro atoms. The van der Waals surface area contributed by atoms with Gasteiger partial charge in [-0.3, -0.25) is 0 Å². The van der Waals surface area contributed by atoms with Crippen LogP contribution in [0, 0.1) is 0 Å². The van der Waals surface area contributed by atoms with E-state index in [2.05, 4.69) is 5.16 Å². The number of aromatic nitrogens is 1. The monoisotopic (exact) mass is 327 g/mol. The molecule has 2 aromatic rings. The number of aromatic carboxylic acids is 1. The van der Waals surface area contributed by atoms with E-state index < -0.39 is 15.8 Å². The molecule has 0 amide bonds. The van der Waals surface area contributed by atoms with E-state index in [9.17, 15) is 13.2 Å². The molecule has 9 heteroatoms. The molecule has 0 radical (unpaired) electrons. The van der Waals surface area contributed by atoms with Crippen molar-refractivity contribution in [2.24, 2.45) is 0 Å². The molecule has 0 bridgehead atoms. The number of nitrogens with zero attached hydrogens (tertiary/aromatic N) is 1. The first kappa shape index (κ1) is 15.8. The van der Waals surface area contributed by atoms with Crippen LogP contribution >= 0.6 is 0 Å². The number of rotatable bonds is 5. The number of ether oxygens (including phenoxy) is 2. The van der Waals surface area contributed by atoms with Crippen LogP contribution in [0.2, 0.25) is 0 Å². The molecule has 0 saturated carbocycles. The van der Waals surface area contributed by atoms with Gasteiger partial charge in [0.1, 0.15) is 16.4 Å².